The summed E-state index contributed by atoms with van der Waals surface area (Å²) in [6, 6.07) is 0. The van der Waals surface area contributed by atoms with Crippen LogP contribution in [0.2, 0.25) is 0 Å². The van der Waals surface area contributed by atoms with E-state index in [0.717, 1.165) is 5.69 Å². The number of aromatic nitrogens is 2. The van der Waals surface area contributed by atoms with Gasteiger partial charge >= 0.3 is 0 Å². The molecule has 0 radical (unpaired) electrons. The molecule has 0 atom stereocenters. The predicted octanol–water partition coefficient (Wildman–Crippen LogP) is 0.935. The number of Topliss-reactive ketones (excluding diaryl/α,β-unsaturated/α-hetero) is 1. The number of ketones is 1. The van der Waals surface area contributed by atoms with Crippen LogP contribution < -0.4 is 0 Å². The third-order valence-corrected chi connectivity index (χ3v) is 1.80. The zero-order chi connectivity index (χ0) is 9.14. The molecule has 62 valence electrons. The van der Waals surface area contributed by atoms with E-state index in [-0.39, 0.29) is 12.2 Å². The summed E-state index contributed by atoms with van der Waals surface area (Å²) in [6.07, 6.45) is 6.72. The first-order valence-electron chi connectivity index (χ1n) is 3.62. The molecule has 1 aromatic rings. The van der Waals surface area contributed by atoms with Crippen LogP contribution in [0, 0.1) is 19.3 Å². The van der Waals surface area contributed by atoms with Gasteiger partial charge in [-0.2, -0.15) is 5.10 Å². The van der Waals surface area contributed by atoms with Gasteiger partial charge in [0.1, 0.15) is 0 Å². The first-order valence-corrected chi connectivity index (χ1v) is 3.62. The van der Waals surface area contributed by atoms with Crippen LogP contribution in [0.4, 0.5) is 0 Å². The maximum Gasteiger partial charge on any atom is 0.178 e. The number of carbonyl (C=O) groups excluding carboxylic acids is 1. The zero-order valence-electron chi connectivity index (χ0n) is 7.16. The highest BCUT2D eigenvalue weighted by Crippen LogP contribution is 2.07. The summed E-state index contributed by atoms with van der Waals surface area (Å²) in [5.74, 6) is 2.28. The summed E-state index contributed by atoms with van der Waals surface area (Å²) in [7, 11) is 1.79. The van der Waals surface area contributed by atoms with Gasteiger partial charge in [-0.3, -0.25) is 9.48 Å². The van der Waals surface area contributed by atoms with E-state index in [1.165, 1.54) is 0 Å². The fourth-order valence-electron chi connectivity index (χ4n) is 0.960. The first kappa shape index (κ1) is 8.54. The highest BCUT2D eigenvalue weighted by atomic mass is 16.1. The van der Waals surface area contributed by atoms with Crippen molar-refractivity contribution >= 4 is 5.78 Å². The van der Waals surface area contributed by atoms with E-state index in [0.29, 0.717) is 5.56 Å². The summed E-state index contributed by atoms with van der Waals surface area (Å²) >= 11 is 0. The standard InChI is InChI=1S/C9H10N2O/c1-4-5-9(12)8-6-10-11(3)7(8)2/h1,6H,5H2,2-3H3. The summed E-state index contributed by atoms with van der Waals surface area (Å²) in [4.78, 5) is 11.3. The van der Waals surface area contributed by atoms with Crippen molar-refractivity contribution in [3.8, 4) is 12.3 Å². The van der Waals surface area contributed by atoms with E-state index in [9.17, 15) is 4.79 Å². The Morgan fingerprint density at radius 3 is 2.92 bits per heavy atom. The average molecular weight is 162 g/mol. The van der Waals surface area contributed by atoms with E-state index >= 15 is 0 Å². The summed E-state index contributed by atoms with van der Waals surface area (Å²) < 4.78 is 1.66. The fourth-order valence-corrected chi connectivity index (χ4v) is 0.960. The van der Waals surface area contributed by atoms with Crippen molar-refractivity contribution in [2.75, 3.05) is 0 Å². The topological polar surface area (TPSA) is 34.9 Å². The third kappa shape index (κ3) is 1.37. The molecular weight excluding hydrogens is 152 g/mol. The van der Waals surface area contributed by atoms with Crippen LogP contribution in [0.3, 0.4) is 0 Å². The lowest BCUT2D eigenvalue weighted by Crippen LogP contribution is -2.00. The minimum absolute atomic E-state index is 0.0388. The molecule has 3 nitrogen and oxygen atoms in total. The Hall–Kier alpha value is -1.56. The molecule has 12 heavy (non-hydrogen) atoms. The summed E-state index contributed by atoms with van der Waals surface area (Å²) in [5, 5.41) is 3.95. The molecular formula is C9H10N2O. The van der Waals surface area contributed by atoms with Crippen molar-refractivity contribution in [3.63, 3.8) is 0 Å². The van der Waals surface area contributed by atoms with Crippen molar-refractivity contribution < 1.29 is 4.79 Å². The number of carbonyl (C=O) groups is 1. The lowest BCUT2D eigenvalue weighted by molar-refractivity contribution is 0.0997. The second-order valence-corrected chi connectivity index (χ2v) is 2.57. The van der Waals surface area contributed by atoms with Crippen LogP contribution in [0.5, 0.6) is 0 Å². The Morgan fingerprint density at radius 2 is 2.50 bits per heavy atom. The van der Waals surface area contributed by atoms with Gasteiger partial charge < -0.3 is 0 Å². The van der Waals surface area contributed by atoms with Gasteiger partial charge in [-0.1, -0.05) is 5.92 Å². The molecule has 0 spiro atoms. The van der Waals surface area contributed by atoms with Crippen LogP contribution in [-0.4, -0.2) is 15.6 Å². The molecule has 1 rings (SSSR count). The van der Waals surface area contributed by atoms with Crippen LogP contribution in [-0.2, 0) is 7.05 Å². The molecule has 0 aliphatic carbocycles. The molecule has 0 aliphatic rings. The van der Waals surface area contributed by atoms with E-state index < -0.39 is 0 Å². The number of rotatable bonds is 2. The second-order valence-electron chi connectivity index (χ2n) is 2.57. The number of terminal acetylenes is 1. The fraction of sp³-hybridized carbons (Fsp3) is 0.333. The molecule has 0 bridgehead atoms. The lowest BCUT2D eigenvalue weighted by Gasteiger charge is -1.95. The number of hydrogen-bond donors (Lipinski definition) is 0. The maximum absolute atomic E-state index is 11.3. The number of aryl methyl sites for hydroxylation is 1. The molecule has 1 aromatic heterocycles. The van der Waals surface area contributed by atoms with E-state index in [2.05, 4.69) is 11.0 Å². The highest BCUT2D eigenvalue weighted by Gasteiger charge is 2.10. The quantitative estimate of drug-likeness (QED) is 0.479. The van der Waals surface area contributed by atoms with Gasteiger partial charge in [-0.15, -0.1) is 6.42 Å². The Kier molecular flexibility index (Phi) is 2.29. The molecule has 0 fully saturated rings. The maximum atomic E-state index is 11.3. The Morgan fingerprint density at radius 1 is 1.83 bits per heavy atom. The third-order valence-electron chi connectivity index (χ3n) is 1.80. The molecule has 1 heterocycles. The van der Waals surface area contributed by atoms with E-state index in [4.69, 9.17) is 6.42 Å². The molecule has 0 N–H and O–H groups in total. The summed E-state index contributed by atoms with van der Waals surface area (Å²) in [6.45, 7) is 1.84. The largest absolute Gasteiger partial charge is 0.293 e. The molecule has 0 saturated heterocycles. The number of hydrogen-bond acceptors (Lipinski definition) is 2. The zero-order valence-corrected chi connectivity index (χ0v) is 7.16. The SMILES string of the molecule is C#CCC(=O)c1cnn(C)c1C. The van der Waals surface area contributed by atoms with E-state index in [1.54, 1.807) is 17.9 Å². The van der Waals surface area contributed by atoms with Crippen molar-refractivity contribution in [2.45, 2.75) is 13.3 Å². The van der Waals surface area contributed by atoms with Crippen LogP contribution in [0.15, 0.2) is 6.20 Å². The normalized spacial score (nSPS) is 9.42. The number of nitrogens with zero attached hydrogens (tertiary/aromatic N) is 2. The molecule has 0 aliphatic heterocycles. The first-order chi connectivity index (χ1) is 5.66. The van der Waals surface area contributed by atoms with Crippen molar-refractivity contribution in [3.05, 3.63) is 17.5 Å². The van der Waals surface area contributed by atoms with Crippen molar-refractivity contribution in [1.29, 1.82) is 0 Å². The summed E-state index contributed by atoms with van der Waals surface area (Å²) in [5.41, 5.74) is 1.48. The molecule has 0 unspecified atom stereocenters. The van der Waals surface area contributed by atoms with Gasteiger partial charge in [0.25, 0.3) is 0 Å². The Balaban J connectivity index is 2.97. The lowest BCUT2D eigenvalue weighted by atomic mass is 10.1. The average Bonchev–Trinajstić information content (AvgIpc) is 2.34. The molecule has 0 aromatic carbocycles. The van der Waals surface area contributed by atoms with Gasteiger partial charge in [-0.05, 0) is 6.92 Å². The highest BCUT2D eigenvalue weighted by molar-refractivity contribution is 5.98. The Labute approximate surface area is 71.4 Å². The smallest absolute Gasteiger partial charge is 0.178 e. The monoisotopic (exact) mass is 162 g/mol. The van der Waals surface area contributed by atoms with Gasteiger partial charge in [-0.25, -0.2) is 0 Å². The predicted molar refractivity (Wildman–Crippen MR) is 45.7 cm³/mol. The van der Waals surface area contributed by atoms with Gasteiger partial charge in [0.15, 0.2) is 5.78 Å². The van der Waals surface area contributed by atoms with Crippen molar-refractivity contribution in [2.24, 2.45) is 7.05 Å². The van der Waals surface area contributed by atoms with Crippen LogP contribution in [0.25, 0.3) is 0 Å². The van der Waals surface area contributed by atoms with Gasteiger partial charge in [0.05, 0.1) is 18.2 Å². The van der Waals surface area contributed by atoms with Gasteiger partial charge in [0.2, 0.25) is 0 Å². The van der Waals surface area contributed by atoms with Crippen LogP contribution >= 0.6 is 0 Å². The van der Waals surface area contributed by atoms with Crippen molar-refractivity contribution in [1.82, 2.24) is 9.78 Å². The van der Waals surface area contributed by atoms with Crippen LogP contribution in [0.1, 0.15) is 22.5 Å². The minimum Gasteiger partial charge on any atom is -0.293 e. The molecule has 3 heteroatoms. The van der Waals surface area contributed by atoms with E-state index in [1.807, 2.05) is 6.92 Å². The minimum atomic E-state index is -0.0388. The molecule has 0 saturated carbocycles. The molecule has 0 amide bonds. The van der Waals surface area contributed by atoms with Gasteiger partial charge in [0, 0.05) is 12.7 Å². The second kappa shape index (κ2) is 3.22. The Bertz CT molecular complexity index is 344.